The first-order valence-electron chi connectivity index (χ1n) is 7.76. The van der Waals surface area contributed by atoms with E-state index < -0.39 is 12.1 Å². The molecule has 0 aliphatic carbocycles. The van der Waals surface area contributed by atoms with Gasteiger partial charge in [-0.1, -0.05) is 30.3 Å². The molecule has 1 heterocycles. The smallest absolute Gasteiger partial charge is 0.303 e. The highest BCUT2D eigenvalue weighted by Gasteiger charge is 2.29. The SMILES string of the molecule is C[C@@H]1CC[C@H](C(=O)NC(CCC(=O)O)Cc2ccccc2)O1. The summed E-state index contributed by atoms with van der Waals surface area (Å²) in [6, 6.07) is 9.58. The van der Waals surface area contributed by atoms with Gasteiger partial charge in [-0.15, -0.1) is 0 Å². The normalized spacial score (nSPS) is 22.2. The summed E-state index contributed by atoms with van der Waals surface area (Å²) in [6.07, 6.45) is 2.40. The van der Waals surface area contributed by atoms with E-state index in [1.807, 2.05) is 37.3 Å². The number of hydrogen-bond donors (Lipinski definition) is 2. The summed E-state index contributed by atoms with van der Waals surface area (Å²) < 4.78 is 5.57. The zero-order chi connectivity index (χ0) is 15.9. The quantitative estimate of drug-likeness (QED) is 0.809. The third-order valence-corrected chi connectivity index (χ3v) is 3.90. The number of rotatable bonds is 7. The first-order valence-corrected chi connectivity index (χ1v) is 7.76. The summed E-state index contributed by atoms with van der Waals surface area (Å²) >= 11 is 0. The maximum atomic E-state index is 12.3. The molecule has 1 fully saturated rings. The van der Waals surface area contributed by atoms with E-state index in [1.165, 1.54) is 0 Å². The molecule has 0 spiro atoms. The summed E-state index contributed by atoms with van der Waals surface area (Å²) in [7, 11) is 0. The maximum Gasteiger partial charge on any atom is 0.303 e. The molecule has 1 aliphatic rings. The summed E-state index contributed by atoms with van der Waals surface area (Å²) in [5.74, 6) is -0.978. The minimum Gasteiger partial charge on any atom is -0.481 e. The van der Waals surface area contributed by atoms with Crippen molar-refractivity contribution < 1.29 is 19.4 Å². The molecule has 0 bridgehead atoms. The second-order valence-corrected chi connectivity index (χ2v) is 5.84. The molecule has 120 valence electrons. The lowest BCUT2D eigenvalue weighted by Gasteiger charge is -2.20. The van der Waals surface area contributed by atoms with Crippen LogP contribution >= 0.6 is 0 Å². The molecule has 1 aromatic carbocycles. The molecule has 1 saturated heterocycles. The average molecular weight is 305 g/mol. The molecule has 1 aliphatic heterocycles. The topological polar surface area (TPSA) is 75.6 Å². The Balaban J connectivity index is 1.94. The molecular weight excluding hydrogens is 282 g/mol. The maximum absolute atomic E-state index is 12.3. The Morgan fingerprint density at radius 1 is 1.32 bits per heavy atom. The lowest BCUT2D eigenvalue weighted by Crippen LogP contribution is -2.42. The number of benzene rings is 1. The van der Waals surface area contributed by atoms with Gasteiger partial charge >= 0.3 is 5.97 Å². The highest BCUT2D eigenvalue weighted by Crippen LogP contribution is 2.19. The predicted octanol–water partition coefficient (Wildman–Crippen LogP) is 2.15. The fraction of sp³-hybridized carbons (Fsp3) is 0.529. The first kappa shape index (κ1) is 16.5. The molecule has 22 heavy (non-hydrogen) atoms. The van der Waals surface area contributed by atoms with Crippen molar-refractivity contribution in [3.63, 3.8) is 0 Å². The van der Waals surface area contributed by atoms with Gasteiger partial charge < -0.3 is 15.2 Å². The van der Waals surface area contributed by atoms with Crippen molar-refractivity contribution in [3.8, 4) is 0 Å². The average Bonchev–Trinajstić information content (AvgIpc) is 2.92. The van der Waals surface area contributed by atoms with E-state index in [4.69, 9.17) is 9.84 Å². The zero-order valence-electron chi connectivity index (χ0n) is 12.8. The second kappa shape index (κ2) is 7.94. The van der Waals surface area contributed by atoms with E-state index in [-0.39, 0.29) is 24.5 Å². The van der Waals surface area contributed by atoms with E-state index in [0.717, 1.165) is 18.4 Å². The van der Waals surface area contributed by atoms with Crippen LogP contribution in [0.4, 0.5) is 0 Å². The molecule has 1 aromatic rings. The lowest BCUT2D eigenvalue weighted by molar-refractivity contribution is -0.138. The van der Waals surface area contributed by atoms with Gasteiger partial charge in [0.15, 0.2) is 0 Å². The molecule has 5 heteroatoms. The Hall–Kier alpha value is -1.88. The summed E-state index contributed by atoms with van der Waals surface area (Å²) in [5, 5.41) is 11.8. The number of carbonyl (C=O) groups excluding carboxylic acids is 1. The fourth-order valence-corrected chi connectivity index (χ4v) is 2.71. The number of hydrogen-bond acceptors (Lipinski definition) is 3. The highest BCUT2D eigenvalue weighted by atomic mass is 16.5. The third-order valence-electron chi connectivity index (χ3n) is 3.90. The molecule has 0 saturated carbocycles. The van der Waals surface area contributed by atoms with Crippen molar-refractivity contribution in [3.05, 3.63) is 35.9 Å². The van der Waals surface area contributed by atoms with Crippen molar-refractivity contribution in [1.29, 1.82) is 0 Å². The van der Waals surface area contributed by atoms with Crippen molar-refractivity contribution in [1.82, 2.24) is 5.32 Å². The number of ether oxygens (including phenoxy) is 1. The van der Waals surface area contributed by atoms with E-state index in [9.17, 15) is 9.59 Å². The van der Waals surface area contributed by atoms with E-state index >= 15 is 0 Å². The van der Waals surface area contributed by atoms with Crippen LogP contribution in [0.2, 0.25) is 0 Å². The number of amides is 1. The van der Waals surface area contributed by atoms with Crippen LogP contribution in [0, 0.1) is 0 Å². The van der Waals surface area contributed by atoms with Gasteiger partial charge in [-0.2, -0.15) is 0 Å². The number of carboxylic acid groups (broad SMARTS) is 1. The van der Waals surface area contributed by atoms with Crippen LogP contribution in [0.3, 0.4) is 0 Å². The number of carboxylic acids is 1. The summed E-state index contributed by atoms with van der Waals surface area (Å²) in [4.78, 5) is 23.1. The minimum absolute atomic E-state index is 0.0414. The summed E-state index contributed by atoms with van der Waals surface area (Å²) in [6.45, 7) is 1.96. The van der Waals surface area contributed by atoms with Gasteiger partial charge in [0.05, 0.1) is 6.10 Å². The molecule has 1 unspecified atom stereocenters. The molecule has 0 aromatic heterocycles. The van der Waals surface area contributed by atoms with Crippen molar-refractivity contribution >= 4 is 11.9 Å². The Morgan fingerprint density at radius 2 is 2.05 bits per heavy atom. The Kier molecular flexibility index (Phi) is 5.95. The third kappa shape index (κ3) is 5.15. The van der Waals surface area contributed by atoms with Gasteiger partial charge in [0.1, 0.15) is 6.10 Å². The van der Waals surface area contributed by atoms with Crippen molar-refractivity contribution in [2.24, 2.45) is 0 Å². The predicted molar refractivity (Wildman–Crippen MR) is 82.5 cm³/mol. The van der Waals surface area contributed by atoms with Crippen LogP contribution < -0.4 is 5.32 Å². The number of nitrogens with one attached hydrogen (secondary N) is 1. The van der Waals surface area contributed by atoms with E-state index in [1.54, 1.807) is 0 Å². The van der Waals surface area contributed by atoms with E-state index in [2.05, 4.69) is 5.32 Å². The second-order valence-electron chi connectivity index (χ2n) is 5.84. The Bertz CT molecular complexity index is 503. The largest absolute Gasteiger partial charge is 0.481 e. The van der Waals surface area contributed by atoms with Gasteiger partial charge in [0.25, 0.3) is 0 Å². The highest BCUT2D eigenvalue weighted by molar-refractivity contribution is 5.81. The summed E-state index contributed by atoms with van der Waals surface area (Å²) in [5.41, 5.74) is 1.08. The lowest BCUT2D eigenvalue weighted by atomic mass is 10.0. The van der Waals surface area contributed by atoms with Gasteiger partial charge in [0, 0.05) is 12.5 Å². The van der Waals surface area contributed by atoms with Crippen molar-refractivity contribution in [2.75, 3.05) is 0 Å². The van der Waals surface area contributed by atoms with Crippen molar-refractivity contribution in [2.45, 2.75) is 57.3 Å². The first-order chi connectivity index (χ1) is 10.5. The van der Waals surface area contributed by atoms with Gasteiger partial charge in [-0.05, 0) is 38.2 Å². The monoisotopic (exact) mass is 305 g/mol. The molecule has 2 N–H and O–H groups in total. The van der Waals surface area contributed by atoms with Crippen LogP contribution in [0.25, 0.3) is 0 Å². The number of carbonyl (C=O) groups is 2. The number of aliphatic carboxylic acids is 1. The van der Waals surface area contributed by atoms with Gasteiger partial charge in [-0.3, -0.25) is 9.59 Å². The van der Waals surface area contributed by atoms with Gasteiger partial charge in [-0.25, -0.2) is 0 Å². The standard InChI is InChI=1S/C17H23NO4/c1-12-7-9-15(22-12)17(21)18-14(8-10-16(19)20)11-13-5-3-2-4-6-13/h2-6,12,14-15H,7-11H2,1H3,(H,18,21)(H,19,20)/t12-,14?,15-/m1/s1. The van der Waals surface area contributed by atoms with Crippen LogP contribution in [0.1, 0.15) is 38.2 Å². The van der Waals surface area contributed by atoms with E-state index in [0.29, 0.717) is 12.8 Å². The zero-order valence-corrected chi connectivity index (χ0v) is 12.8. The minimum atomic E-state index is -0.849. The molecule has 5 nitrogen and oxygen atoms in total. The Labute approximate surface area is 130 Å². The molecule has 2 rings (SSSR count). The molecule has 3 atom stereocenters. The van der Waals surface area contributed by atoms with Crippen LogP contribution in [-0.4, -0.2) is 35.2 Å². The fourth-order valence-electron chi connectivity index (χ4n) is 2.71. The van der Waals surface area contributed by atoms with Crippen LogP contribution in [-0.2, 0) is 20.7 Å². The molecule has 1 amide bonds. The molecular formula is C17H23NO4. The Morgan fingerprint density at radius 3 is 2.64 bits per heavy atom. The van der Waals surface area contributed by atoms with Gasteiger partial charge in [0.2, 0.25) is 5.91 Å². The van der Waals surface area contributed by atoms with Crippen LogP contribution in [0.15, 0.2) is 30.3 Å². The van der Waals surface area contributed by atoms with Crippen LogP contribution in [0.5, 0.6) is 0 Å². The molecule has 0 radical (unpaired) electrons.